The zero-order valence-corrected chi connectivity index (χ0v) is 5.66. The number of rotatable bonds is 3. The molecular formula is C6H12O3. The van der Waals surface area contributed by atoms with Crippen LogP contribution in [0.5, 0.6) is 0 Å². The molecule has 0 saturated carbocycles. The summed E-state index contributed by atoms with van der Waals surface area (Å²) in [5, 5.41) is 16.9. The first kappa shape index (κ1) is 8.43. The molecule has 3 heteroatoms. The molecule has 2 N–H and O–H groups in total. The van der Waals surface area contributed by atoms with Gasteiger partial charge >= 0.3 is 5.97 Å². The zero-order chi connectivity index (χ0) is 7.44. The van der Waals surface area contributed by atoms with Gasteiger partial charge in [0.2, 0.25) is 0 Å². The van der Waals surface area contributed by atoms with E-state index in [4.69, 9.17) is 10.2 Å². The Morgan fingerprint density at radius 2 is 2.00 bits per heavy atom. The van der Waals surface area contributed by atoms with E-state index in [9.17, 15) is 4.79 Å². The smallest absolute Gasteiger partial charge is 0.332 e. The quantitative estimate of drug-likeness (QED) is 0.587. The SMILES string of the molecule is CC(C)CC(O)C(=O)O. The standard InChI is InChI=1S/C6H12O3/c1-4(2)3-5(7)6(8)9/h4-5,7H,3H2,1-2H3,(H,8,9). The van der Waals surface area contributed by atoms with Crippen LogP contribution >= 0.6 is 0 Å². The first-order valence-corrected chi connectivity index (χ1v) is 2.95. The predicted octanol–water partition coefficient (Wildman–Crippen LogP) is 0.478. The lowest BCUT2D eigenvalue weighted by molar-refractivity contribution is -0.147. The Kier molecular flexibility index (Phi) is 3.24. The monoisotopic (exact) mass is 132 g/mol. The number of carbonyl (C=O) groups is 1. The van der Waals surface area contributed by atoms with E-state index in [-0.39, 0.29) is 5.92 Å². The van der Waals surface area contributed by atoms with Crippen LogP contribution in [0.2, 0.25) is 0 Å². The Labute approximate surface area is 54.3 Å². The summed E-state index contributed by atoms with van der Waals surface area (Å²) in [5.41, 5.74) is 0. The van der Waals surface area contributed by atoms with E-state index in [0.717, 1.165) is 0 Å². The first-order valence-electron chi connectivity index (χ1n) is 2.95. The predicted molar refractivity (Wildman–Crippen MR) is 33.1 cm³/mol. The summed E-state index contributed by atoms with van der Waals surface area (Å²) in [5.74, 6) is -0.903. The number of carboxylic acid groups (broad SMARTS) is 1. The first-order chi connectivity index (χ1) is 4.04. The van der Waals surface area contributed by atoms with Crippen LogP contribution < -0.4 is 0 Å². The molecule has 0 fully saturated rings. The van der Waals surface area contributed by atoms with Crippen LogP contribution in [0.4, 0.5) is 0 Å². The van der Waals surface area contributed by atoms with Crippen LogP contribution in [0.25, 0.3) is 0 Å². The van der Waals surface area contributed by atoms with Crippen LogP contribution in [0, 0.1) is 5.92 Å². The summed E-state index contributed by atoms with van der Waals surface area (Å²) in [6.45, 7) is 3.73. The second-order valence-corrected chi connectivity index (χ2v) is 2.48. The Bertz CT molecular complexity index is 98.5. The summed E-state index contributed by atoms with van der Waals surface area (Å²) >= 11 is 0. The van der Waals surface area contributed by atoms with Gasteiger partial charge in [-0.05, 0) is 12.3 Å². The van der Waals surface area contributed by atoms with Crippen LogP contribution in [-0.2, 0) is 4.79 Å². The fraction of sp³-hybridized carbons (Fsp3) is 0.833. The van der Waals surface area contributed by atoms with Gasteiger partial charge in [-0.3, -0.25) is 0 Å². The van der Waals surface area contributed by atoms with Gasteiger partial charge in [0.15, 0.2) is 6.10 Å². The summed E-state index contributed by atoms with van der Waals surface area (Å²) < 4.78 is 0. The normalized spacial score (nSPS) is 13.8. The zero-order valence-electron chi connectivity index (χ0n) is 5.66. The molecule has 0 saturated heterocycles. The van der Waals surface area contributed by atoms with Gasteiger partial charge < -0.3 is 10.2 Å². The average Bonchev–Trinajstić information content (AvgIpc) is 1.63. The molecule has 0 amide bonds. The molecule has 54 valence electrons. The third kappa shape index (κ3) is 3.97. The molecule has 0 heterocycles. The highest BCUT2D eigenvalue weighted by Crippen LogP contribution is 2.03. The fourth-order valence-electron chi connectivity index (χ4n) is 0.547. The Morgan fingerprint density at radius 3 is 2.11 bits per heavy atom. The Balaban J connectivity index is 3.50. The lowest BCUT2D eigenvalue weighted by atomic mass is 10.1. The lowest BCUT2D eigenvalue weighted by Gasteiger charge is -2.06. The van der Waals surface area contributed by atoms with Crippen molar-refractivity contribution in [1.82, 2.24) is 0 Å². The van der Waals surface area contributed by atoms with E-state index in [1.807, 2.05) is 13.8 Å². The summed E-state index contributed by atoms with van der Waals surface area (Å²) in [6.07, 6.45) is -0.861. The van der Waals surface area contributed by atoms with Crippen LogP contribution in [0.3, 0.4) is 0 Å². The largest absolute Gasteiger partial charge is 0.479 e. The molecule has 0 bridgehead atoms. The lowest BCUT2D eigenvalue weighted by Crippen LogP contribution is -2.21. The molecule has 1 unspecified atom stereocenters. The number of hydrogen-bond acceptors (Lipinski definition) is 2. The highest BCUT2D eigenvalue weighted by molar-refractivity contribution is 5.71. The number of aliphatic carboxylic acids is 1. The molecule has 0 spiro atoms. The van der Waals surface area contributed by atoms with Gasteiger partial charge in [-0.2, -0.15) is 0 Å². The van der Waals surface area contributed by atoms with E-state index in [1.165, 1.54) is 0 Å². The van der Waals surface area contributed by atoms with Crippen molar-refractivity contribution in [3.8, 4) is 0 Å². The molecule has 0 aromatic carbocycles. The van der Waals surface area contributed by atoms with E-state index in [2.05, 4.69) is 0 Å². The van der Waals surface area contributed by atoms with Crippen molar-refractivity contribution in [2.75, 3.05) is 0 Å². The molecule has 0 rings (SSSR count). The molecule has 0 aliphatic rings. The number of aliphatic hydroxyl groups excluding tert-OH is 1. The molecule has 0 aliphatic heterocycles. The van der Waals surface area contributed by atoms with Gasteiger partial charge in [-0.1, -0.05) is 13.8 Å². The van der Waals surface area contributed by atoms with Gasteiger partial charge in [0.25, 0.3) is 0 Å². The summed E-state index contributed by atoms with van der Waals surface area (Å²) in [7, 11) is 0. The van der Waals surface area contributed by atoms with Crippen LogP contribution in [0.15, 0.2) is 0 Å². The van der Waals surface area contributed by atoms with Crippen molar-refractivity contribution in [2.24, 2.45) is 5.92 Å². The third-order valence-electron chi connectivity index (χ3n) is 0.980. The van der Waals surface area contributed by atoms with E-state index in [1.54, 1.807) is 0 Å². The van der Waals surface area contributed by atoms with Crippen LogP contribution in [0.1, 0.15) is 20.3 Å². The topological polar surface area (TPSA) is 57.5 Å². The van der Waals surface area contributed by atoms with Gasteiger partial charge in [0.05, 0.1) is 0 Å². The molecule has 1 atom stereocenters. The highest BCUT2D eigenvalue weighted by Gasteiger charge is 2.13. The van der Waals surface area contributed by atoms with Crippen molar-refractivity contribution in [2.45, 2.75) is 26.4 Å². The number of carboxylic acids is 1. The Morgan fingerprint density at radius 1 is 1.56 bits per heavy atom. The highest BCUT2D eigenvalue weighted by atomic mass is 16.4. The molecule has 3 nitrogen and oxygen atoms in total. The van der Waals surface area contributed by atoms with Gasteiger partial charge in [-0.15, -0.1) is 0 Å². The number of hydrogen-bond donors (Lipinski definition) is 2. The minimum atomic E-state index is -1.19. The van der Waals surface area contributed by atoms with Crippen molar-refractivity contribution < 1.29 is 15.0 Å². The molecule has 0 aliphatic carbocycles. The fourth-order valence-corrected chi connectivity index (χ4v) is 0.547. The minimum Gasteiger partial charge on any atom is -0.479 e. The average molecular weight is 132 g/mol. The molecule has 0 radical (unpaired) electrons. The van der Waals surface area contributed by atoms with E-state index in [0.29, 0.717) is 6.42 Å². The van der Waals surface area contributed by atoms with Gasteiger partial charge in [0.1, 0.15) is 0 Å². The maximum atomic E-state index is 9.98. The second kappa shape index (κ2) is 3.45. The number of aliphatic hydroxyl groups is 1. The summed E-state index contributed by atoms with van der Waals surface area (Å²) in [6, 6.07) is 0. The minimum absolute atomic E-state index is 0.232. The van der Waals surface area contributed by atoms with E-state index < -0.39 is 12.1 Å². The van der Waals surface area contributed by atoms with Gasteiger partial charge in [-0.25, -0.2) is 4.79 Å². The third-order valence-corrected chi connectivity index (χ3v) is 0.980. The maximum absolute atomic E-state index is 9.98. The summed E-state index contributed by atoms with van der Waals surface area (Å²) in [4.78, 5) is 9.98. The second-order valence-electron chi connectivity index (χ2n) is 2.48. The van der Waals surface area contributed by atoms with Gasteiger partial charge in [0, 0.05) is 0 Å². The van der Waals surface area contributed by atoms with Crippen molar-refractivity contribution in [3.63, 3.8) is 0 Å². The molecule has 0 aromatic rings. The maximum Gasteiger partial charge on any atom is 0.332 e. The van der Waals surface area contributed by atoms with Crippen molar-refractivity contribution in [1.29, 1.82) is 0 Å². The Hall–Kier alpha value is -0.570. The van der Waals surface area contributed by atoms with Crippen molar-refractivity contribution >= 4 is 5.97 Å². The van der Waals surface area contributed by atoms with E-state index >= 15 is 0 Å². The van der Waals surface area contributed by atoms with Crippen LogP contribution in [-0.4, -0.2) is 22.3 Å². The molecule has 9 heavy (non-hydrogen) atoms. The molecular weight excluding hydrogens is 120 g/mol. The molecule has 0 aromatic heterocycles. The van der Waals surface area contributed by atoms with Crippen molar-refractivity contribution in [3.05, 3.63) is 0 Å².